The highest BCUT2D eigenvalue weighted by Crippen LogP contribution is 2.23. The monoisotopic (exact) mass is 245 g/mol. The average molecular weight is 245 g/mol. The number of furan rings is 1. The molecule has 0 radical (unpaired) electrons. The van der Waals surface area contributed by atoms with E-state index in [1.54, 1.807) is 12.5 Å². The van der Waals surface area contributed by atoms with Gasteiger partial charge in [0.2, 0.25) is 0 Å². The molecule has 2 rings (SSSR count). The lowest BCUT2D eigenvalue weighted by molar-refractivity contribution is 0.560. The van der Waals surface area contributed by atoms with Crippen LogP contribution in [0.15, 0.2) is 52.2 Å². The normalized spacial score (nSPS) is 10.6. The maximum absolute atomic E-state index is 5.33. The van der Waals surface area contributed by atoms with E-state index < -0.39 is 0 Å². The molecule has 0 bridgehead atoms. The van der Waals surface area contributed by atoms with Crippen LogP contribution in [0.25, 0.3) is 11.1 Å². The van der Waals surface area contributed by atoms with Gasteiger partial charge in [-0.25, -0.2) is 0 Å². The maximum atomic E-state index is 5.33. The molecule has 0 amide bonds. The zero-order valence-corrected chi connectivity index (χ0v) is 9.78. The lowest BCUT2D eigenvalue weighted by Crippen LogP contribution is -2.23. The second-order valence-corrected chi connectivity index (χ2v) is 3.74. The summed E-state index contributed by atoms with van der Waals surface area (Å²) in [6.45, 7) is 0. The fourth-order valence-corrected chi connectivity index (χ4v) is 1.48. The highest BCUT2D eigenvalue weighted by atomic mass is 32.1. The molecule has 0 fully saturated rings. The highest BCUT2D eigenvalue weighted by molar-refractivity contribution is 7.80. The van der Waals surface area contributed by atoms with E-state index in [1.807, 2.05) is 36.4 Å². The molecule has 0 aliphatic heterocycles. The summed E-state index contributed by atoms with van der Waals surface area (Å²) in [6.07, 6.45) is 3.16. The van der Waals surface area contributed by atoms with Crippen LogP contribution in [0.3, 0.4) is 0 Å². The van der Waals surface area contributed by atoms with Crippen molar-refractivity contribution in [2.75, 3.05) is 0 Å². The van der Waals surface area contributed by atoms with Gasteiger partial charge < -0.3 is 10.2 Å². The van der Waals surface area contributed by atoms with Gasteiger partial charge in [-0.2, -0.15) is 5.10 Å². The zero-order valence-electron chi connectivity index (χ0n) is 8.96. The third-order valence-electron chi connectivity index (χ3n) is 2.14. The van der Waals surface area contributed by atoms with Gasteiger partial charge >= 0.3 is 0 Å². The first kappa shape index (κ1) is 11.3. The molecule has 1 aromatic heterocycles. The van der Waals surface area contributed by atoms with Crippen LogP contribution in [0, 0.1) is 0 Å². The minimum absolute atomic E-state index is 0.120. The predicted octanol–water partition coefficient (Wildman–Crippen LogP) is 2.11. The standard InChI is InChI=1S/C12H11N3OS/c13-12(17)15-14-8-11-10(6-7-16-11)9-4-2-1-3-5-9/h1-8H,(H3,13,15,17). The fraction of sp³-hybridized carbons (Fsp3) is 0. The van der Waals surface area contributed by atoms with Crippen LogP contribution in [0.5, 0.6) is 0 Å². The molecule has 3 N–H and O–H groups in total. The average Bonchev–Trinajstić information content (AvgIpc) is 2.78. The van der Waals surface area contributed by atoms with Crippen molar-refractivity contribution in [3.05, 3.63) is 48.4 Å². The molecule has 0 saturated heterocycles. The van der Waals surface area contributed by atoms with E-state index in [1.165, 1.54) is 0 Å². The van der Waals surface area contributed by atoms with Crippen LogP contribution in [0.2, 0.25) is 0 Å². The van der Waals surface area contributed by atoms with Crippen molar-refractivity contribution in [1.82, 2.24) is 5.43 Å². The molecule has 4 nitrogen and oxygen atoms in total. The second-order valence-electron chi connectivity index (χ2n) is 3.30. The molecule has 0 aliphatic carbocycles. The van der Waals surface area contributed by atoms with Gasteiger partial charge in [0.25, 0.3) is 0 Å². The van der Waals surface area contributed by atoms with Crippen molar-refractivity contribution in [2.24, 2.45) is 10.8 Å². The largest absolute Gasteiger partial charge is 0.463 e. The van der Waals surface area contributed by atoms with Gasteiger partial charge in [0.1, 0.15) is 0 Å². The van der Waals surface area contributed by atoms with E-state index in [0.29, 0.717) is 5.76 Å². The molecule has 2 aromatic rings. The van der Waals surface area contributed by atoms with Gasteiger partial charge in [-0.1, -0.05) is 30.3 Å². The Balaban J connectivity index is 2.23. The number of hydrogen-bond donors (Lipinski definition) is 2. The number of nitrogens with two attached hydrogens (primary N) is 1. The van der Waals surface area contributed by atoms with E-state index in [-0.39, 0.29) is 5.11 Å². The van der Waals surface area contributed by atoms with Crippen LogP contribution < -0.4 is 11.2 Å². The van der Waals surface area contributed by atoms with Gasteiger partial charge in [0.05, 0.1) is 12.5 Å². The van der Waals surface area contributed by atoms with Crippen LogP contribution in [-0.2, 0) is 0 Å². The molecule has 0 spiro atoms. The molecular weight excluding hydrogens is 234 g/mol. The smallest absolute Gasteiger partial charge is 0.184 e. The van der Waals surface area contributed by atoms with E-state index in [0.717, 1.165) is 11.1 Å². The first-order valence-electron chi connectivity index (χ1n) is 4.99. The van der Waals surface area contributed by atoms with Gasteiger partial charge in [-0.05, 0) is 23.8 Å². The van der Waals surface area contributed by atoms with Crippen molar-refractivity contribution < 1.29 is 4.42 Å². The van der Waals surface area contributed by atoms with Crippen molar-refractivity contribution in [3.8, 4) is 11.1 Å². The maximum Gasteiger partial charge on any atom is 0.184 e. The van der Waals surface area contributed by atoms with E-state index in [9.17, 15) is 0 Å². The lowest BCUT2D eigenvalue weighted by Gasteiger charge is -1.98. The van der Waals surface area contributed by atoms with Gasteiger partial charge in [0.15, 0.2) is 10.9 Å². The molecule has 17 heavy (non-hydrogen) atoms. The lowest BCUT2D eigenvalue weighted by atomic mass is 10.1. The van der Waals surface area contributed by atoms with Gasteiger partial charge in [-0.15, -0.1) is 0 Å². The van der Waals surface area contributed by atoms with Gasteiger partial charge in [0, 0.05) is 5.56 Å². The Labute approximate surface area is 104 Å². The van der Waals surface area contributed by atoms with Crippen molar-refractivity contribution in [2.45, 2.75) is 0 Å². The summed E-state index contributed by atoms with van der Waals surface area (Å²) in [5.74, 6) is 0.653. The number of nitrogens with zero attached hydrogens (tertiary/aromatic N) is 1. The number of thiocarbonyl (C=S) groups is 1. The summed E-state index contributed by atoms with van der Waals surface area (Å²) in [7, 11) is 0. The highest BCUT2D eigenvalue weighted by Gasteiger charge is 2.05. The Morgan fingerprint density at radius 1 is 1.29 bits per heavy atom. The van der Waals surface area contributed by atoms with Crippen molar-refractivity contribution in [1.29, 1.82) is 0 Å². The molecule has 1 heterocycles. The third-order valence-corrected chi connectivity index (χ3v) is 2.23. The number of nitrogens with one attached hydrogen (secondary N) is 1. The number of rotatable bonds is 3. The third kappa shape index (κ3) is 2.92. The fourth-order valence-electron chi connectivity index (χ4n) is 1.43. The minimum Gasteiger partial charge on any atom is -0.463 e. The van der Waals surface area contributed by atoms with Crippen LogP contribution >= 0.6 is 12.2 Å². The first-order chi connectivity index (χ1) is 8.27. The molecule has 1 aromatic carbocycles. The summed E-state index contributed by atoms with van der Waals surface area (Å²) in [5, 5.41) is 3.98. The Kier molecular flexibility index (Phi) is 3.52. The molecule has 0 saturated carbocycles. The number of hydrazone groups is 1. The van der Waals surface area contributed by atoms with E-state index in [2.05, 4.69) is 22.7 Å². The van der Waals surface area contributed by atoms with E-state index >= 15 is 0 Å². The summed E-state index contributed by atoms with van der Waals surface area (Å²) in [4.78, 5) is 0. The predicted molar refractivity (Wildman–Crippen MR) is 71.7 cm³/mol. The number of benzene rings is 1. The Hall–Kier alpha value is -2.14. The Morgan fingerprint density at radius 3 is 2.76 bits per heavy atom. The molecule has 0 atom stereocenters. The summed E-state index contributed by atoms with van der Waals surface area (Å²) < 4.78 is 5.33. The molecular formula is C12H11N3OS. The molecule has 86 valence electrons. The summed E-state index contributed by atoms with van der Waals surface area (Å²) in [5.41, 5.74) is 9.78. The second kappa shape index (κ2) is 5.27. The Bertz CT molecular complexity index is 534. The van der Waals surface area contributed by atoms with E-state index in [4.69, 9.17) is 10.2 Å². The van der Waals surface area contributed by atoms with Crippen LogP contribution in [0.4, 0.5) is 0 Å². The Morgan fingerprint density at radius 2 is 2.06 bits per heavy atom. The van der Waals surface area contributed by atoms with Crippen molar-refractivity contribution in [3.63, 3.8) is 0 Å². The van der Waals surface area contributed by atoms with Gasteiger partial charge in [-0.3, -0.25) is 5.43 Å². The topological polar surface area (TPSA) is 63.5 Å². The van der Waals surface area contributed by atoms with Crippen molar-refractivity contribution >= 4 is 23.5 Å². The number of hydrogen-bond acceptors (Lipinski definition) is 3. The van der Waals surface area contributed by atoms with Crippen LogP contribution in [-0.4, -0.2) is 11.3 Å². The molecule has 5 heteroatoms. The zero-order chi connectivity index (χ0) is 12.1. The molecule has 0 aliphatic rings. The quantitative estimate of drug-likeness (QED) is 0.494. The SMILES string of the molecule is NC(=S)NN=Cc1occc1-c1ccccc1. The summed E-state index contributed by atoms with van der Waals surface area (Å²) in [6, 6.07) is 11.8. The molecule has 0 unspecified atom stereocenters. The van der Waals surface area contributed by atoms with Crippen LogP contribution in [0.1, 0.15) is 5.76 Å². The summed E-state index contributed by atoms with van der Waals surface area (Å²) >= 11 is 4.64. The first-order valence-corrected chi connectivity index (χ1v) is 5.39. The minimum atomic E-state index is 0.120.